The Morgan fingerprint density at radius 1 is 0.932 bits per heavy atom. The molecule has 0 saturated heterocycles. The number of amides is 2. The summed E-state index contributed by atoms with van der Waals surface area (Å²) in [6.45, 7) is 2.21. The highest BCUT2D eigenvalue weighted by atomic mass is 35.5. The van der Waals surface area contributed by atoms with E-state index in [9.17, 15) is 49.1 Å². The number of anilines is 1. The number of rotatable bonds is 5. The van der Waals surface area contributed by atoms with Gasteiger partial charge in [-0.1, -0.05) is 11.6 Å². The van der Waals surface area contributed by atoms with Crippen molar-refractivity contribution in [2.45, 2.75) is 76.4 Å². The second-order valence-corrected chi connectivity index (χ2v) is 11.3. The first-order valence-corrected chi connectivity index (χ1v) is 13.6. The number of carbonyl (C=O) groups is 2. The molecule has 4 rings (SSSR count). The van der Waals surface area contributed by atoms with Gasteiger partial charge in [-0.2, -0.15) is 39.5 Å². The number of hydrogen-bond acceptors (Lipinski definition) is 4. The molecule has 16 heteroatoms. The van der Waals surface area contributed by atoms with Crippen molar-refractivity contribution in [3.63, 3.8) is 0 Å². The molecule has 2 aromatic carbocycles. The normalized spacial score (nSPS) is 19.1. The van der Waals surface area contributed by atoms with Crippen LogP contribution in [0, 0.1) is 5.92 Å². The summed E-state index contributed by atoms with van der Waals surface area (Å²) in [5, 5.41) is -0.772. The van der Waals surface area contributed by atoms with Crippen LogP contribution in [0.15, 0.2) is 30.3 Å². The number of nitrogens with zero attached hydrogens (tertiary/aromatic N) is 2. The lowest BCUT2D eigenvalue weighted by molar-refractivity contribution is -0.143. The lowest BCUT2D eigenvalue weighted by Gasteiger charge is -2.44. The van der Waals surface area contributed by atoms with Crippen LogP contribution in [0.5, 0.6) is 0 Å². The molecule has 242 valence electrons. The quantitative estimate of drug-likeness (QED) is 0.300. The van der Waals surface area contributed by atoms with Crippen LogP contribution in [0.3, 0.4) is 0 Å². The third-order valence-electron chi connectivity index (χ3n) is 7.32. The maximum absolute atomic E-state index is 14.0. The van der Waals surface area contributed by atoms with Crippen molar-refractivity contribution < 1.29 is 58.6 Å². The van der Waals surface area contributed by atoms with E-state index < -0.39 is 82.7 Å². The Hall–Kier alpha value is -3.36. The van der Waals surface area contributed by atoms with Gasteiger partial charge in [-0.3, -0.25) is 9.80 Å². The minimum Gasteiger partial charge on any atom is -0.453 e. The van der Waals surface area contributed by atoms with Crippen LogP contribution in [0.25, 0.3) is 0 Å². The second kappa shape index (κ2) is 11.9. The molecule has 0 unspecified atom stereocenters. The highest BCUT2D eigenvalue weighted by molar-refractivity contribution is 6.31. The topological polar surface area (TPSA) is 59.1 Å². The Kier molecular flexibility index (Phi) is 9.04. The Morgan fingerprint density at radius 2 is 1.50 bits per heavy atom. The van der Waals surface area contributed by atoms with E-state index in [-0.39, 0.29) is 29.7 Å². The van der Waals surface area contributed by atoms with Gasteiger partial charge in [-0.15, -0.1) is 0 Å². The van der Waals surface area contributed by atoms with Gasteiger partial charge in [-0.05, 0) is 80.5 Å². The molecule has 0 spiro atoms. The van der Waals surface area contributed by atoms with Gasteiger partial charge < -0.3 is 9.47 Å². The lowest BCUT2D eigenvalue weighted by Crippen LogP contribution is -2.50. The molecule has 2 aromatic rings. The first-order valence-electron chi connectivity index (χ1n) is 13.3. The number of hydrogen-bond donors (Lipinski definition) is 0. The summed E-state index contributed by atoms with van der Waals surface area (Å²) < 4.78 is 133. The third-order valence-corrected chi connectivity index (χ3v) is 7.63. The minimum atomic E-state index is -5.18. The fourth-order valence-electron chi connectivity index (χ4n) is 5.31. The predicted molar refractivity (Wildman–Crippen MR) is 139 cm³/mol. The van der Waals surface area contributed by atoms with Gasteiger partial charge in [0.05, 0.1) is 46.7 Å². The average molecular weight is 661 g/mol. The van der Waals surface area contributed by atoms with E-state index in [1.165, 1.54) is 0 Å². The molecule has 1 aliphatic carbocycles. The van der Waals surface area contributed by atoms with Crippen molar-refractivity contribution in [3.05, 3.63) is 63.2 Å². The largest absolute Gasteiger partial charge is 0.453 e. The first-order chi connectivity index (χ1) is 20.2. The van der Waals surface area contributed by atoms with E-state index in [0.29, 0.717) is 31.0 Å². The molecule has 1 saturated carbocycles. The summed E-state index contributed by atoms with van der Waals surface area (Å²) in [6.07, 6.45) is -17.1. The van der Waals surface area contributed by atoms with Crippen molar-refractivity contribution in [1.29, 1.82) is 0 Å². The SMILES string of the molecule is COC(=O)N(Cc1cc(C(F)(F)F)cc(C(F)(F)F)c1)[C@H]1C[C@@H](C2CC2)N(C(=O)OC(C)C)c2cc(Cl)c(C(F)(F)F)cc21. The summed E-state index contributed by atoms with van der Waals surface area (Å²) in [7, 11) is 0.903. The van der Waals surface area contributed by atoms with Crippen LogP contribution >= 0.6 is 11.6 Å². The molecule has 0 bridgehead atoms. The van der Waals surface area contributed by atoms with Crippen molar-refractivity contribution in [2.24, 2.45) is 5.92 Å². The van der Waals surface area contributed by atoms with Crippen LogP contribution in [0.2, 0.25) is 5.02 Å². The van der Waals surface area contributed by atoms with Gasteiger partial charge in [0, 0.05) is 12.6 Å². The second-order valence-electron chi connectivity index (χ2n) is 10.9. The van der Waals surface area contributed by atoms with E-state index in [2.05, 4.69) is 0 Å². The van der Waals surface area contributed by atoms with Gasteiger partial charge in [0.25, 0.3) is 0 Å². The Labute approximate surface area is 250 Å². The molecular formula is C28H26ClF9N2O4. The summed E-state index contributed by atoms with van der Waals surface area (Å²) in [4.78, 5) is 28.2. The molecule has 44 heavy (non-hydrogen) atoms. The fourth-order valence-corrected chi connectivity index (χ4v) is 5.58. The van der Waals surface area contributed by atoms with Crippen LogP contribution in [-0.2, 0) is 34.5 Å². The van der Waals surface area contributed by atoms with Crippen molar-refractivity contribution >= 4 is 29.5 Å². The monoisotopic (exact) mass is 660 g/mol. The van der Waals surface area contributed by atoms with Gasteiger partial charge in [0.15, 0.2) is 0 Å². The number of carbonyl (C=O) groups excluding carboxylic acids is 2. The van der Waals surface area contributed by atoms with Gasteiger partial charge in [-0.25, -0.2) is 9.59 Å². The molecule has 2 atom stereocenters. The molecular weight excluding hydrogens is 635 g/mol. The molecule has 0 N–H and O–H groups in total. The third kappa shape index (κ3) is 7.13. The van der Waals surface area contributed by atoms with Crippen LogP contribution in [0.1, 0.15) is 67.0 Å². The maximum Gasteiger partial charge on any atom is 0.417 e. The van der Waals surface area contributed by atoms with Crippen LogP contribution in [0.4, 0.5) is 54.8 Å². The zero-order chi connectivity index (χ0) is 32.9. The predicted octanol–water partition coefficient (Wildman–Crippen LogP) is 9.24. The van der Waals surface area contributed by atoms with Gasteiger partial charge >= 0.3 is 30.7 Å². The Balaban J connectivity index is 1.92. The van der Waals surface area contributed by atoms with E-state index in [0.717, 1.165) is 23.0 Å². The molecule has 1 fully saturated rings. The van der Waals surface area contributed by atoms with Gasteiger partial charge in [0.1, 0.15) is 0 Å². The average Bonchev–Trinajstić information content (AvgIpc) is 3.73. The molecule has 1 heterocycles. The number of benzene rings is 2. The molecule has 0 radical (unpaired) electrons. The summed E-state index contributed by atoms with van der Waals surface area (Å²) in [5.41, 5.74) is -5.62. The van der Waals surface area contributed by atoms with E-state index >= 15 is 0 Å². The first kappa shape index (κ1) is 33.5. The molecule has 1 aliphatic heterocycles. The maximum atomic E-state index is 14.0. The van der Waals surface area contributed by atoms with Crippen LogP contribution < -0.4 is 4.90 Å². The highest BCUT2D eigenvalue weighted by Crippen LogP contribution is 2.51. The standard InChI is InChI=1S/C28H26ClF9N2O4/c1-13(2)44-25(42)40-21(15-4-5-15)11-22(18-9-19(28(36,37)38)20(29)10-23(18)40)39(24(41)43-3)12-14-6-16(26(30,31)32)8-17(7-14)27(33,34)35/h6-10,13,15,21-22H,4-5,11-12H2,1-3H3/t21-,22-/m0/s1. The van der Waals surface area contributed by atoms with E-state index in [1.807, 2.05) is 0 Å². The Bertz CT molecular complexity index is 1390. The molecule has 2 aliphatic rings. The number of ether oxygens (including phenoxy) is 2. The summed E-state index contributed by atoms with van der Waals surface area (Å²) in [5.74, 6) is -0.184. The number of fused-ring (bicyclic) bond motifs is 1. The zero-order valence-electron chi connectivity index (χ0n) is 23.3. The fraction of sp³-hybridized carbons (Fsp3) is 0.500. The highest BCUT2D eigenvalue weighted by Gasteiger charge is 2.49. The van der Waals surface area contributed by atoms with Crippen LogP contribution in [-0.4, -0.2) is 36.3 Å². The smallest absolute Gasteiger partial charge is 0.417 e. The Morgan fingerprint density at radius 3 is 1.95 bits per heavy atom. The zero-order valence-corrected chi connectivity index (χ0v) is 24.1. The van der Waals surface area contributed by atoms with E-state index in [4.69, 9.17) is 21.1 Å². The molecule has 2 amide bonds. The van der Waals surface area contributed by atoms with Crippen molar-refractivity contribution in [3.8, 4) is 0 Å². The molecule has 6 nitrogen and oxygen atoms in total. The lowest BCUT2D eigenvalue weighted by atomic mass is 9.86. The minimum absolute atomic E-state index is 0.0825. The number of halogens is 10. The summed E-state index contributed by atoms with van der Waals surface area (Å²) in [6, 6.07) is 0.125. The van der Waals surface area contributed by atoms with E-state index in [1.54, 1.807) is 13.8 Å². The molecule has 0 aromatic heterocycles. The van der Waals surface area contributed by atoms with Gasteiger partial charge in [0.2, 0.25) is 0 Å². The number of methoxy groups -OCH3 is 1. The number of alkyl halides is 9. The summed E-state index contributed by atoms with van der Waals surface area (Å²) >= 11 is 6.01. The van der Waals surface area contributed by atoms with Crippen molar-refractivity contribution in [2.75, 3.05) is 12.0 Å². The van der Waals surface area contributed by atoms with Crippen molar-refractivity contribution in [1.82, 2.24) is 4.90 Å².